The highest BCUT2D eigenvalue weighted by atomic mass is 15.1. The minimum absolute atomic E-state index is 0.634. The van der Waals surface area contributed by atoms with Gasteiger partial charge in [0, 0.05) is 17.1 Å². The number of para-hydroxylation sites is 1. The molecule has 0 fully saturated rings. The summed E-state index contributed by atoms with van der Waals surface area (Å²) in [7, 11) is 0. The van der Waals surface area contributed by atoms with Gasteiger partial charge in [0.25, 0.3) is 0 Å². The van der Waals surface area contributed by atoms with E-state index in [0.29, 0.717) is 0 Å². The molecular formula is C65H45N. The van der Waals surface area contributed by atoms with Crippen molar-refractivity contribution in [2.24, 2.45) is 0 Å². The van der Waals surface area contributed by atoms with Gasteiger partial charge in [0.15, 0.2) is 0 Å². The van der Waals surface area contributed by atoms with Crippen molar-refractivity contribution < 1.29 is 0 Å². The molecule has 1 nitrogen and oxygen atoms in total. The third kappa shape index (κ3) is 6.56. The zero-order chi connectivity index (χ0) is 43.9. The van der Waals surface area contributed by atoms with Crippen molar-refractivity contribution in [2.75, 3.05) is 4.90 Å². The van der Waals surface area contributed by atoms with Crippen molar-refractivity contribution in [3.05, 3.63) is 295 Å². The third-order valence-electron chi connectivity index (χ3n) is 13.6. The molecule has 310 valence electrons. The van der Waals surface area contributed by atoms with E-state index < -0.39 is 5.41 Å². The second kappa shape index (κ2) is 16.6. The summed E-state index contributed by atoms with van der Waals surface area (Å²) in [5.41, 5.74) is 20.0. The van der Waals surface area contributed by atoms with Gasteiger partial charge in [0.05, 0.1) is 5.41 Å². The first kappa shape index (κ1) is 39.1. The normalized spacial score (nSPS) is 12.4. The van der Waals surface area contributed by atoms with Gasteiger partial charge in [-0.1, -0.05) is 231 Å². The minimum atomic E-state index is -0.634. The van der Waals surface area contributed by atoms with Crippen LogP contribution in [0.1, 0.15) is 22.3 Å². The second-order valence-corrected chi connectivity index (χ2v) is 17.2. The molecule has 66 heavy (non-hydrogen) atoms. The van der Waals surface area contributed by atoms with Crippen molar-refractivity contribution >= 4 is 27.8 Å². The van der Waals surface area contributed by atoms with Gasteiger partial charge in [0.2, 0.25) is 0 Å². The Morgan fingerprint density at radius 1 is 0.273 bits per heavy atom. The van der Waals surface area contributed by atoms with E-state index in [9.17, 15) is 0 Å². The lowest BCUT2D eigenvalue weighted by atomic mass is 9.65. The molecule has 0 saturated heterocycles. The number of rotatable bonds is 9. The monoisotopic (exact) mass is 839 g/mol. The van der Waals surface area contributed by atoms with Crippen molar-refractivity contribution in [1.29, 1.82) is 0 Å². The van der Waals surface area contributed by atoms with E-state index in [2.05, 4.69) is 278 Å². The predicted octanol–water partition coefficient (Wildman–Crippen LogP) is 17.3. The Hall–Kier alpha value is -8.52. The summed E-state index contributed by atoms with van der Waals surface area (Å²) in [6.07, 6.45) is 0. The zero-order valence-electron chi connectivity index (χ0n) is 36.4. The highest BCUT2D eigenvalue weighted by Gasteiger charge is 2.49. The molecule has 1 aliphatic rings. The first-order valence-electron chi connectivity index (χ1n) is 22.8. The Balaban J connectivity index is 1.07. The highest BCUT2D eigenvalue weighted by molar-refractivity contribution is 6.06. The van der Waals surface area contributed by atoms with Gasteiger partial charge in [-0.3, -0.25) is 0 Å². The van der Waals surface area contributed by atoms with Gasteiger partial charge in [-0.05, 0) is 131 Å². The molecule has 0 aliphatic heterocycles. The van der Waals surface area contributed by atoms with E-state index in [4.69, 9.17) is 0 Å². The topological polar surface area (TPSA) is 3.24 Å². The van der Waals surface area contributed by atoms with Gasteiger partial charge < -0.3 is 4.90 Å². The Morgan fingerprint density at radius 3 is 1.33 bits per heavy atom. The van der Waals surface area contributed by atoms with Crippen LogP contribution in [0.3, 0.4) is 0 Å². The fraction of sp³-hybridized carbons (Fsp3) is 0.0154. The summed E-state index contributed by atoms with van der Waals surface area (Å²) in [4.78, 5) is 2.34. The van der Waals surface area contributed by atoms with E-state index in [1.807, 2.05) is 0 Å². The molecule has 0 heterocycles. The lowest BCUT2D eigenvalue weighted by Gasteiger charge is -2.35. The molecule has 0 saturated carbocycles. The van der Waals surface area contributed by atoms with Crippen molar-refractivity contribution in [2.45, 2.75) is 5.41 Å². The molecular weight excluding hydrogens is 795 g/mol. The van der Waals surface area contributed by atoms with Crippen LogP contribution in [0.15, 0.2) is 273 Å². The van der Waals surface area contributed by atoms with Crippen LogP contribution in [0, 0.1) is 0 Å². The first-order chi connectivity index (χ1) is 32.8. The van der Waals surface area contributed by atoms with Crippen LogP contribution in [-0.2, 0) is 5.41 Å². The van der Waals surface area contributed by atoms with Crippen LogP contribution in [0.2, 0.25) is 0 Å². The summed E-state index contributed by atoms with van der Waals surface area (Å²) < 4.78 is 0. The molecule has 11 aromatic carbocycles. The Morgan fingerprint density at radius 2 is 0.712 bits per heavy atom. The summed E-state index contributed by atoms with van der Waals surface area (Å²) in [6.45, 7) is 0. The van der Waals surface area contributed by atoms with Crippen LogP contribution in [0.4, 0.5) is 17.1 Å². The first-order valence-corrected chi connectivity index (χ1v) is 22.8. The second-order valence-electron chi connectivity index (χ2n) is 17.2. The summed E-state index contributed by atoms with van der Waals surface area (Å²) in [5.74, 6) is 0. The van der Waals surface area contributed by atoms with E-state index in [1.54, 1.807) is 0 Å². The lowest BCUT2D eigenvalue weighted by Crippen LogP contribution is -2.29. The number of hydrogen-bond acceptors (Lipinski definition) is 1. The molecule has 0 spiro atoms. The fourth-order valence-corrected chi connectivity index (χ4v) is 10.6. The van der Waals surface area contributed by atoms with Crippen molar-refractivity contribution in [1.82, 2.24) is 0 Å². The van der Waals surface area contributed by atoms with Gasteiger partial charge in [-0.25, -0.2) is 0 Å². The third-order valence-corrected chi connectivity index (χ3v) is 13.6. The molecule has 0 unspecified atom stereocenters. The molecule has 1 heteroatoms. The molecule has 0 bridgehead atoms. The minimum Gasteiger partial charge on any atom is -0.311 e. The van der Waals surface area contributed by atoms with Crippen LogP contribution in [0.5, 0.6) is 0 Å². The number of nitrogens with zero attached hydrogens (tertiary/aromatic N) is 1. The maximum absolute atomic E-state index is 2.49. The Kier molecular flexibility index (Phi) is 9.81. The molecule has 12 rings (SSSR count). The standard InChI is InChI=1S/C65H45N/c1-6-19-46(20-7-1)47-33-38-55(39-34-47)66(54-29-14-5-15-30-54)56-40-35-48(36-41-56)51-37-42-61-62(45-51)65(52-25-10-3-11-26-52,53-27-12-4-13-28-53)64-58(50-21-8-2-9-22-50)43-44-60(63(61)64)59-32-18-24-49-23-16-17-31-57(49)59/h1-45H. The average Bonchev–Trinajstić information content (AvgIpc) is 3.71. The SMILES string of the molecule is c1ccc(-c2ccc(N(c3ccccc3)c3ccc(-c4ccc5c(c4)C(c4ccccc4)(c4ccccc4)c4c(-c6ccccc6)ccc(-c6cccc7ccccc67)c4-5)cc3)cc2)cc1. The lowest BCUT2D eigenvalue weighted by molar-refractivity contribution is 0.771. The maximum atomic E-state index is 2.49. The molecule has 0 atom stereocenters. The van der Waals surface area contributed by atoms with Crippen molar-refractivity contribution in [3.8, 4) is 55.6 Å². The van der Waals surface area contributed by atoms with Crippen molar-refractivity contribution in [3.63, 3.8) is 0 Å². The Bertz CT molecular complexity index is 3430. The predicted molar refractivity (Wildman–Crippen MR) is 278 cm³/mol. The van der Waals surface area contributed by atoms with E-state index >= 15 is 0 Å². The van der Waals surface area contributed by atoms with Crippen LogP contribution in [-0.4, -0.2) is 0 Å². The van der Waals surface area contributed by atoms with Gasteiger partial charge in [-0.15, -0.1) is 0 Å². The molecule has 0 radical (unpaired) electrons. The van der Waals surface area contributed by atoms with Crippen LogP contribution >= 0.6 is 0 Å². The van der Waals surface area contributed by atoms with Crippen LogP contribution in [0.25, 0.3) is 66.4 Å². The molecule has 11 aromatic rings. The summed E-state index contributed by atoms with van der Waals surface area (Å²) >= 11 is 0. The quantitative estimate of drug-likeness (QED) is 0.140. The molecule has 1 aliphatic carbocycles. The smallest absolute Gasteiger partial charge is 0.0720 e. The number of hydrogen-bond donors (Lipinski definition) is 0. The van der Waals surface area contributed by atoms with E-state index in [1.165, 1.54) is 83.1 Å². The molecule has 0 N–H and O–H groups in total. The van der Waals surface area contributed by atoms with Crippen LogP contribution < -0.4 is 4.90 Å². The fourth-order valence-electron chi connectivity index (χ4n) is 10.6. The van der Waals surface area contributed by atoms with E-state index in [0.717, 1.165) is 22.6 Å². The highest BCUT2D eigenvalue weighted by Crippen LogP contribution is 2.61. The summed E-state index contributed by atoms with van der Waals surface area (Å²) in [6, 6.07) is 100. The number of fused-ring (bicyclic) bond motifs is 4. The van der Waals surface area contributed by atoms with E-state index in [-0.39, 0.29) is 0 Å². The Labute approximate surface area is 387 Å². The average molecular weight is 840 g/mol. The van der Waals surface area contributed by atoms with Gasteiger partial charge in [-0.2, -0.15) is 0 Å². The zero-order valence-corrected chi connectivity index (χ0v) is 36.4. The van der Waals surface area contributed by atoms with Gasteiger partial charge >= 0.3 is 0 Å². The van der Waals surface area contributed by atoms with Gasteiger partial charge in [0.1, 0.15) is 0 Å². The molecule has 0 aromatic heterocycles. The largest absolute Gasteiger partial charge is 0.311 e. The molecule has 0 amide bonds. The maximum Gasteiger partial charge on any atom is 0.0720 e. The number of benzene rings is 11. The summed E-state index contributed by atoms with van der Waals surface area (Å²) in [5, 5.41) is 2.49. The number of anilines is 3.